The lowest BCUT2D eigenvalue weighted by atomic mass is 10.1. The minimum Gasteiger partial charge on any atom is -0.497 e. The van der Waals surface area contributed by atoms with Crippen molar-refractivity contribution in [3.63, 3.8) is 0 Å². The summed E-state index contributed by atoms with van der Waals surface area (Å²) in [5.41, 5.74) is 2.07. The van der Waals surface area contributed by atoms with Gasteiger partial charge in [0.05, 0.1) is 30.6 Å². The van der Waals surface area contributed by atoms with Gasteiger partial charge in [0.15, 0.2) is 5.78 Å². The van der Waals surface area contributed by atoms with Gasteiger partial charge in [0.1, 0.15) is 5.75 Å². The van der Waals surface area contributed by atoms with Gasteiger partial charge in [-0.2, -0.15) is 0 Å². The van der Waals surface area contributed by atoms with Crippen LogP contribution >= 0.6 is 7.60 Å². The van der Waals surface area contributed by atoms with Crippen LogP contribution in [0.2, 0.25) is 0 Å². The second-order valence-corrected chi connectivity index (χ2v) is 12.0. The standard InChI is InChI=1S/C30H35N4O6P/c1-3-31(20-22-14-17-26(40-2)18-15-22)29(35)34-25-16-19-27(34)28(41(37,38)39)32(21-25)30(36)33(23-10-6-4-7-11-23)24-12-8-5-9-13-24/h4-15,17-18,25,27-28H,3,16,19-21H2,1-2H3,(H2,37,38,39)/t25-,27+,28+/m0/s1. The maximum atomic E-state index is 14.2. The first-order chi connectivity index (χ1) is 19.7. The lowest BCUT2D eigenvalue weighted by Gasteiger charge is -2.48. The molecule has 0 unspecified atom stereocenters. The van der Waals surface area contributed by atoms with Crippen molar-refractivity contribution in [3.8, 4) is 5.75 Å². The van der Waals surface area contributed by atoms with E-state index in [2.05, 4.69) is 0 Å². The Morgan fingerprint density at radius 2 is 1.49 bits per heavy atom. The van der Waals surface area contributed by atoms with Crippen LogP contribution in [-0.2, 0) is 11.1 Å². The number of carbonyl (C=O) groups is 2. The molecule has 2 heterocycles. The Hall–Kier alpha value is -3.85. The first-order valence-corrected chi connectivity index (χ1v) is 15.4. The maximum absolute atomic E-state index is 14.2. The normalized spacial score (nSPS) is 20.0. The van der Waals surface area contributed by atoms with E-state index in [1.54, 1.807) is 41.2 Å². The van der Waals surface area contributed by atoms with Crippen molar-refractivity contribution < 1.29 is 28.7 Å². The monoisotopic (exact) mass is 578 g/mol. The van der Waals surface area contributed by atoms with Gasteiger partial charge in [-0.1, -0.05) is 48.5 Å². The maximum Gasteiger partial charge on any atom is 0.350 e. The number of carbonyl (C=O) groups excluding carboxylic acids is 2. The molecule has 216 valence electrons. The molecule has 2 fully saturated rings. The molecule has 0 aromatic heterocycles. The van der Waals surface area contributed by atoms with Crippen molar-refractivity contribution in [3.05, 3.63) is 90.5 Å². The summed E-state index contributed by atoms with van der Waals surface area (Å²) in [4.78, 5) is 55.4. The van der Waals surface area contributed by atoms with Gasteiger partial charge in [-0.15, -0.1) is 0 Å². The molecule has 5 rings (SSSR count). The zero-order valence-corrected chi connectivity index (χ0v) is 24.0. The number of piperazine rings is 1. The minimum atomic E-state index is -4.86. The molecule has 2 N–H and O–H groups in total. The van der Waals surface area contributed by atoms with Gasteiger partial charge in [0, 0.05) is 19.6 Å². The van der Waals surface area contributed by atoms with Crippen LogP contribution in [0.25, 0.3) is 0 Å². The third kappa shape index (κ3) is 5.81. The number of ether oxygens (including phenoxy) is 1. The van der Waals surface area contributed by atoms with E-state index in [1.165, 1.54) is 9.80 Å². The highest BCUT2D eigenvalue weighted by atomic mass is 31.2. The topological polar surface area (TPSA) is 114 Å². The fourth-order valence-electron chi connectivity index (χ4n) is 5.90. The summed E-state index contributed by atoms with van der Waals surface area (Å²) < 4.78 is 18.3. The van der Waals surface area contributed by atoms with Crippen LogP contribution in [0.4, 0.5) is 21.0 Å². The quantitative estimate of drug-likeness (QED) is 0.371. The van der Waals surface area contributed by atoms with E-state index < -0.39 is 25.5 Å². The Morgan fingerprint density at radius 1 is 0.902 bits per heavy atom. The third-order valence-corrected chi connectivity index (χ3v) is 9.15. The second kappa shape index (κ2) is 11.9. The summed E-state index contributed by atoms with van der Waals surface area (Å²) in [7, 11) is -3.27. The van der Waals surface area contributed by atoms with Crippen molar-refractivity contribution in [1.82, 2.24) is 14.7 Å². The molecule has 0 radical (unpaired) electrons. The molecule has 0 spiro atoms. The van der Waals surface area contributed by atoms with Crippen LogP contribution in [0.5, 0.6) is 5.75 Å². The fraction of sp³-hybridized carbons (Fsp3) is 0.333. The van der Waals surface area contributed by atoms with Crippen LogP contribution in [0.15, 0.2) is 84.9 Å². The van der Waals surface area contributed by atoms with Crippen molar-refractivity contribution in [1.29, 1.82) is 0 Å². The van der Waals surface area contributed by atoms with Gasteiger partial charge in [-0.25, -0.2) is 9.59 Å². The molecule has 11 heteroatoms. The molecule has 41 heavy (non-hydrogen) atoms. The Labute approximate surface area is 239 Å². The third-order valence-electron chi connectivity index (χ3n) is 7.83. The average molecular weight is 579 g/mol. The minimum absolute atomic E-state index is 0.0209. The highest BCUT2D eigenvalue weighted by Crippen LogP contribution is 2.52. The summed E-state index contributed by atoms with van der Waals surface area (Å²) in [6.07, 6.45) is 0.945. The lowest BCUT2D eigenvalue weighted by Crippen LogP contribution is -2.65. The molecular weight excluding hydrogens is 543 g/mol. The lowest BCUT2D eigenvalue weighted by molar-refractivity contribution is 0.0625. The molecule has 2 aliphatic heterocycles. The Kier molecular flexibility index (Phi) is 8.35. The zero-order valence-electron chi connectivity index (χ0n) is 23.1. The predicted molar refractivity (Wildman–Crippen MR) is 156 cm³/mol. The largest absolute Gasteiger partial charge is 0.497 e. The number of para-hydroxylation sites is 2. The number of likely N-dealkylation sites (tertiary alicyclic amines) is 1. The molecule has 3 atom stereocenters. The van der Waals surface area contributed by atoms with E-state index in [1.807, 2.05) is 67.6 Å². The van der Waals surface area contributed by atoms with Crippen molar-refractivity contribution in [2.75, 3.05) is 25.1 Å². The number of anilines is 2. The number of fused-ring (bicyclic) bond motifs is 2. The van der Waals surface area contributed by atoms with Crippen LogP contribution in [0.1, 0.15) is 25.3 Å². The van der Waals surface area contributed by atoms with Crippen LogP contribution < -0.4 is 9.64 Å². The van der Waals surface area contributed by atoms with Gasteiger partial charge in [-0.05, 0) is 61.7 Å². The average Bonchev–Trinajstić information content (AvgIpc) is 3.27. The van der Waals surface area contributed by atoms with Crippen LogP contribution in [0, 0.1) is 0 Å². The fourth-order valence-corrected chi connectivity index (χ4v) is 7.20. The van der Waals surface area contributed by atoms with Crippen LogP contribution in [-0.4, -0.2) is 74.6 Å². The first kappa shape index (κ1) is 28.7. The molecule has 3 aromatic rings. The molecule has 0 aliphatic carbocycles. The summed E-state index contributed by atoms with van der Waals surface area (Å²) in [6, 6.07) is 23.5. The van der Waals surface area contributed by atoms with E-state index in [-0.39, 0.29) is 18.6 Å². The number of hydrogen-bond donors (Lipinski definition) is 2. The Morgan fingerprint density at radius 3 is 2.00 bits per heavy atom. The van der Waals surface area contributed by atoms with Gasteiger partial charge >= 0.3 is 19.7 Å². The second-order valence-electron chi connectivity index (χ2n) is 10.3. The highest BCUT2D eigenvalue weighted by molar-refractivity contribution is 7.52. The molecule has 2 bridgehead atoms. The molecule has 3 aromatic carbocycles. The number of hydrogen-bond acceptors (Lipinski definition) is 4. The molecule has 0 saturated carbocycles. The smallest absolute Gasteiger partial charge is 0.350 e. The van der Waals surface area contributed by atoms with Gasteiger partial charge in [0.25, 0.3) is 0 Å². The number of methoxy groups -OCH3 is 1. The number of urea groups is 2. The molecule has 2 saturated heterocycles. The first-order valence-electron chi connectivity index (χ1n) is 13.7. The van der Waals surface area contributed by atoms with E-state index in [9.17, 15) is 23.9 Å². The summed E-state index contributed by atoms with van der Waals surface area (Å²) in [6.45, 7) is 2.66. The van der Waals surface area contributed by atoms with E-state index in [0.717, 1.165) is 5.56 Å². The van der Waals surface area contributed by atoms with Gasteiger partial charge in [0.2, 0.25) is 0 Å². The number of amides is 4. The molecular formula is C30H35N4O6P. The van der Waals surface area contributed by atoms with E-state index >= 15 is 0 Å². The predicted octanol–water partition coefficient (Wildman–Crippen LogP) is 5.25. The number of rotatable bonds is 7. The number of nitrogens with zero attached hydrogens (tertiary/aromatic N) is 4. The molecule has 4 amide bonds. The Bertz CT molecular complexity index is 1360. The zero-order chi connectivity index (χ0) is 29.1. The molecule has 2 aliphatic rings. The Balaban J connectivity index is 1.45. The van der Waals surface area contributed by atoms with Gasteiger partial charge in [-0.3, -0.25) is 9.46 Å². The summed E-state index contributed by atoms with van der Waals surface area (Å²) in [5.74, 6) is -0.751. The highest BCUT2D eigenvalue weighted by Gasteiger charge is 2.57. The summed E-state index contributed by atoms with van der Waals surface area (Å²) >= 11 is 0. The van der Waals surface area contributed by atoms with Crippen molar-refractivity contribution in [2.24, 2.45) is 0 Å². The number of benzene rings is 3. The van der Waals surface area contributed by atoms with Crippen LogP contribution in [0.3, 0.4) is 0 Å². The van der Waals surface area contributed by atoms with Crippen molar-refractivity contribution in [2.45, 2.75) is 44.2 Å². The van der Waals surface area contributed by atoms with Gasteiger partial charge < -0.3 is 29.2 Å². The van der Waals surface area contributed by atoms with E-state index in [0.29, 0.717) is 43.1 Å². The molecule has 10 nitrogen and oxygen atoms in total. The van der Waals surface area contributed by atoms with Crippen molar-refractivity contribution >= 4 is 31.0 Å². The summed E-state index contributed by atoms with van der Waals surface area (Å²) in [5, 5.41) is 0. The van der Waals surface area contributed by atoms with E-state index in [4.69, 9.17) is 4.74 Å². The SMILES string of the molecule is CCN(Cc1ccc(OC)cc1)C(=O)N1[C@H]2CC[C@@H]1[C@@H](P(=O)(O)O)N(C(=O)N(c1ccccc1)c1ccccc1)C2.